The van der Waals surface area contributed by atoms with Gasteiger partial charge in [-0.25, -0.2) is 0 Å². The summed E-state index contributed by atoms with van der Waals surface area (Å²) in [5.41, 5.74) is 1.68. The van der Waals surface area contributed by atoms with E-state index < -0.39 is 5.60 Å². The standard InChI is InChI=1S/C23H22O2/c1-3-9-18-10-7-8-13-22(18)25-21-16-14-20(15-17-21)23(2,24)19-11-5-4-6-12-19/h3-17,24H,1-2H3/b9-3+. The first kappa shape index (κ1) is 17.0. The summed E-state index contributed by atoms with van der Waals surface area (Å²) in [7, 11) is 0. The molecule has 0 saturated carbocycles. The van der Waals surface area contributed by atoms with Crippen molar-refractivity contribution in [3.05, 3.63) is 102 Å². The Bertz CT molecular complexity index is 847. The topological polar surface area (TPSA) is 29.5 Å². The van der Waals surface area contributed by atoms with Crippen LogP contribution in [0.15, 0.2) is 84.9 Å². The van der Waals surface area contributed by atoms with Gasteiger partial charge in [0.1, 0.15) is 17.1 Å². The zero-order valence-corrected chi connectivity index (χ0v) is 14.5. The van der Waals surface area contributed by atoms with Crippen LogP contribution in [0.4, 0.5) is 0 Å². The molecule has 2 heteroatoms. The Morgan fingerprint density at radius 1 is 0.800 bits per heavy atom. The molecule has 0 amide bonds. The number of hydrogen-bond acceptors (Lipinski definition) is 2. The maximum atomic E-state index is 10.9. The molecule has 25 heavy (non-hydrogen) atoms. The van der Waals surface area contributed by atoms with Crippen molar-refractivity contribution in [1.82, 2.24) is 0 Å². The highest BCUT2D eigenvalue weighted by Crippen LogP contribution is 2.32. The largest absolute Gasteiger partial charge is 0.457 e. The molecule has 1 atom stereocenters. The molecular weight excluding hydrogens is 308 g/mol. The van der Waals surface area contributed by atoms with Crippen LogP contribution < -0.4 is 4.74 Å². The lowest BCUT2D eigenvalue weighted by Crippen LogP contribution is -2.22. The molecule has 0 bridgehead atoms. The second-order valence-corrected chi connectivity index (χ2v) is 6.10. The van der Waals surface area contributed by atoms with Crippen LogP contribution in [-0.2, 0) is 5.60 Å². The average Bonchev–Trinajstić information content (AvgIpc) is 2.65. The molecule has 0 aliphatic rings. The van der Waals surface area contributed by atoms with E-state index in [1.807, 2.05) is 97.9 Å². The zero-order chi connectivity index (χ0) is 17.7. The maximum Gasteiger partial charge on any atom is 0.134 e. The lowest BCUT2D eigenvalue weighted by atomic mass is 9.88. The number of rotatable bonds is 5. The summed E-state index contributed by atoms with van der Waals surface area (Å²) in [6.07, 6.45) is 4.01. The molecular formula is C23H22O2. The van der Waals surface area contributed by atoms with E-state index in [0.29, 0.717) is 0 Å². The summed E-state index contributed by atoms with van der Waals surface area (Å²) in [6, 6.07) is 25.2. The molecule has 0 aliphatic heterocycles. The van der Waals surface area contributed by atoms with Crippen LogP contribution in [0.1, 0.15) is 30.5 Å². The minimum Gasteiger partial charge on any atom is -0.457 e. The molecule has 0 saturated heterocycles. The van der Waals surface area contributed by atoms with E-state index in [1.54, 1.807) is 6.92 Å². The van der Waals surface area contributed by atoms with Crippen LogP contribution in [0.2, 0.25) is 0 Å². The summed E-state index contributed by atoms with van der Waals surface area (Å²) in [6.45, 7) is 3.79. The Morgan fingerprint density at radius 3 is 2.08 bits per heavy atom. The van der Waals surface area contributed by atoms with Crippen molar-refractivity contribution in [2.45, 2.75) is 19.4 Å². The minimum atomic E-state index is -1.04. The molecule has 0 aliphatic carbocycles. The number of allylic oxidation sites excluding steroid dienone is 1. The summed E-state index contributed by atoms with van der Waals surface area (Å²) in [5.74, 6) is 1.55. The van der Waals surface area contributed by atoms with Crippen LogP contribution in [0.3, 0.4) is 0 Å². The fourth-order valence-electron chi connectivity index (χ4n) is 2.79. The van der Waals surface area contributed by atoms with Gasteiger partial charge in [0, 0.05) is 5.56 Å². The van der Waals surface area contributed by atoms with E-state index in [4.69, 9.17) is 4.74 Å². The second kappa shape index (κ2) is 7.37. The first-order valence-corrected chi connectivity index (χ1v) is 8.39. The van der Waals surface area contributed by atoms with Gasteiger partial charge in [-0.15, -0.1) is 0 Å². The minimum absolute atomic E-state index is 0.740. The number of aliphatic hydroxyl groups is 1. The van der Waals surface area contributed by atoms with Crippen LogP contribution >= 0.6 is 0 Å². The van der Waals surface area contributed by atoms with Gasteiger partial charge < -0.3 is 9.84 Å². The van der Waals surface area contributed by atoms with Crippen LogP contribution in [0, 0.1) is 0 Å². The third kappa shape index (κ3) is 3.81. The van der Waals surface area contributed by atoms with E-state index >= 15 is 0 Å². The summed E-state index contributed by atoms with van der Waals surface area (Å²) in [5, 5.41) is 10.9. The monoisotopic (exact) mass is 330 g/mol. The highest BCUT2D eigenvalue weighted by molar-refractivity contribution is 5.57. The van der Waals surface area contributed by atoms with Gasteiger partial charge in [0.25, 0.3) is 0 Å². The van der Waals surface area contributed by atoms with Gasteiger partial charge in [0.2, 0.25) is 0 Å². The van der Waals surface area contributed by atoms with E-state index in [0.717, 1.165) is 28.2 Å². The Hall–Kier alpha value is -2.84. The van der Waals surface area contributed by atoms with Crippen LogP contribution in [0.25, 0.3) is 6.08 Å². The fourth-order valence-corrected chi connectivity index (χ4v) is 2.79. The number of benzene rings is 3. The zero-order valence-electron chi connectivity index (χ0n) is 14.5. The molecule has 3 rings (SSSR count). The van der Waals surface area contributed by atoms with E-state index in [1.165, 1.54) is 0 Å². The number of para-hydroxylation sites is 1. The lowest BCUT2D eigenvalue weighted by molar-refractivity contribution is 0.102. The third-order valence-corrected chi connectivity index (χ3v) is 4.25. The average molecular weight is 330 g/mol. The van der Waals surface area contributed by atoms with Crippen molar-refractivity contribution < 1.29 is 9.84 Å². The Morgan fingerprint density at radius 2 is 1.40 bits per heavy atom. The van der Waals surface area contributed by atoms with Gasteiger partial charge in [0.15, 0.2) is 0 Å². The van der Waals surface area contributed by atoms with Crippen molar-refractivity contribution in [2.24, 2.45) is 0 Å². The van der Waals surface area contributed by atoms with Gasteiger partial charge in [0.05, 0.1) is 0 Å². The predicted molar refractivity (Wildman–Crippen MR) is 103 cm³/mol. The molecule has 126 valence electrons. The molecule has 0 aromatic heterocycles. The van der Waals surface area contributed by atoms with E-state index in [9.17, 15) is 5.11 Å². The van der Waals surface area contributed by atoms with Crippen molar-refractivity contribution >= 4 is 6.08 Å². The fraction of sp³-hybridized carbons (Fsp3) is 0.130. The van der Waals surface area contributed by atoms with Crippen molar-refractivity contribution in [3.8, 4) is 11.5 Å². The highest BCUT2D eigenvalue weighted by Gasteiger charge is 2.25. The molecule has 1 unspecified atom stereocenters. The maximum absolute atomic E-state index is 10.9. The molecule has 3 aromatic rings. The Labute approximate surface area is 149 Å². The Kier molecular flexibility index (Phi) is 5.01. The van der Waals surface area contributed by atoms with Crippen molar-refractivity contribution in [3.63, 3.8) is 0 Å². The van der Waals surface area contributed by atoms with Gasteiger partial charge in [-0.2, -0.15) is 0 Å². The Balaban J connectivity index is 1.84. The molecule has 0 radical (unpaired) electrons. The lowest BCUT2D eigenvalue weighted by Gasteiger charge is -2.24. The molecule has 0 spiro atoms. The van der Waals surface area contributed by atoms with Crippen molar-refractivity contribution in [1.29, 1.82) is 0 Å². The SMILES string of the molecule is C/C=C/c1ccccc1Oc1ccc(C(C)(O)c2ccccc2)cc1. The molecule has 1 N–H and O–H groups in total. The van der Waals surface area contributed by atoms with Gasteiger partial charge in [-0.3, -0.25) is 0 Å². The normalized spacial score (nSPS) is 13.6. The summed E-state index contributed by atoms with van der Waals surface area (Å²) >= 11 is 0. The van der Waals surface area contributed by atoms with Crippen LogP contribution in [-0.4, -0.2) is 5.11 Å². The molecule has 0 fully saturated rings. The predicted octanol–water partition coefficient (Wildman–Crippen LogP) is 5.77. The first-order chi connectivity index (χ1) is 12.1. The molecule has 3 aromatic carbocycles. The molecule has 0 heterocycles. The van der Waals surface area contributed by atoms with E-state index in [-0.39, 0.29) is 0 Å². The number of ether oxygens (including phenoxy) is 1. The highest BCUT2D eigenvalue weighted by atomic mass is 16.5. The number of hydrogen-bond donors (Lipinski definition) is 1. The second-order valence-electron chi connectivity index (χ2n) is 6.10. The quantitative estimate of drug-likeness (QED) is 0.643. The molecule has 2 nitrogen and oxygen atoms in total. The third-order valence-electron chi connectivity index (χ3n) is 4.25. The van der Waals surface area contributed by atoms with E-state index in [2.05, 4.69) is 0 Å². The van der Waals surface area contributed by atoms with Gasteiger partial charge >= 0.3 is 0 Å². The van der Waals surface area contributed by atoms with Gasteiger partial charge in [-0.05, 0) is 43.2 Å². The van der Waals surface area contributed by atoms with Crippen LogP contribution in [0.5, 0.6) is 11.5 Å². The first-order valence-electron chi connectivity index (χ1n) is 8.39. The van der Waals surface area contributed by atoms with Crippen molar-refractivity contribution in [2.75, 3.05) is 0 Å². The summed E-state index contributed by atoms with van der Waals surface area (Å²) < 4.78 is 6.00. The summed E-state index contributed by atoms with van der Waals surface area (Å²) in [4.78, 5) is 0. The van der Waals surface area contributed by atoms with Gasteiger partial charge in [-0.1, -0.05) is 72.8 Å². The smallest absolute Gasteiger partial charge is 0.134 e.